The third kappa shape index (κ3) is 4.09. The first-order chi connectivity index (χ1) is 16.5. The number of piperidine rings is 1. The Morgan fingerprint density at radius 1 is 1.32 bits per heavy atom. The Hall–Kier alpha value is -3.87. The lowest BCUT2D eigenvalue weighted by Gasteiger charge is -2.39. The number of amides is 1. The zero-order valence-electron chi connectivity index (χ0n) is 19.5. The van der Waals surface area contributed by atoms with Crippen molar-refractivity contribution in [2.75, 3.05) is 43.1 Å². The number of anilines is 3. The maximum Gasteiger partial charge on any atom is 0.406 e. The molecule has 0 atom stereocenters. The highest BCUT2D eigenvalue weighted by molar-refractivity contribution is 5.88. The van der Waals surface area contributed by atoms with Crippen LogP contribution in [-0.2, 0) is 11.2 Å². The molecular formula is C24H28N8O2. The van der Waals surface area contributed by atoms with E-state index in [1.54, 1.807) is 0 Å². The molecule has 1 amide bonds. The highest BCUT2D eigenvalue weighted by Gasteiger charge is 2.31. The molecule has 0 unspecified atom stereocenters. The number of aromatic nitrogens is 4. The van der Waals surface area contributed by atoms with Crippen LogP contribution >= 0.6 is 0 Å². The van der Waals surface area contributed by atoms with Gasteiger partial charge in [0.05, 0.1) is 19.9 Å². The number of hydrogen-bond donors (Lipinski definition) is 2. The highest BCUT2D eigenvalue weighted by atomic mass is 16.5. The molecule has 176 valence electrons. The number of hydrogen-bond acceptors (Lipinski definition) is 7. The molecule has 2 aliphatic rings. The second-order valence-corrected chi connectivity index (χ2v) is 9.30. The minimum atomic E-state index is -0.391. The molecule has 5 rings (SSSR count). The predicted molar refractivity (Wildman–Crippen MR) is 130 cm³/mol. The van der Waals surface area contributed by atoms with Crippen molar-refractivity contribution in [3.63, 3.8) is 0 Å². The third-order valence-electron chi connectivity index (χ3n) is 6.95. The normalized spacial score (nSPS) is 17.2. The fraction of sp³-hybridized carbons (Fsp3) is 0.458. The van der Waals surface area contributed by atoms with Crippen LogP contribution in [0.4, 0.5) is 27.8 Å². The fourth-order valence-corrected chi connectivity index (χ4v) is 4.80. The summed E-state index contributed by atoms with van der Waals surface area (Å²) in [6.45, 7) is 12.6. The van der Waals surface area contributed by atoms with Gasteiger partial charge in [-0.15, -0.1) is 0 Å². The molecule has 2 aromatic heterocycles. The van der Waals surface area contributed by atoms with Gasteiger partial charge >= 0.3 is 6.09 Å². The minimum absolute atomic E-state index is 0.0259. The van der Waals surface area contributed by atoms with Gasteiger partial charge in [-0.3, -0.25) is 5.10 Å². The summed E-state index contributed by atoms with van der Waals surface area (Å²) < 4.78 is 4.69. The van der Waals surface area contributed by atoms with Crippen LogP contribution in [0, 0.1) is 12.0 Å². The Labute approximate surface area is 198 Å². The quantitative estimate of drug-likeness (QED) is 0.568. The third-order valence-corrected chi connectivity index (χ3v) is 6.95. The molecule has 0 aliphatic carbocycles. The first-order valence-electron chi connectivity index (χ1n) is 11.6. The van der Waals surface area contributed by atoms with Crippen molar-refractivity contribution in [1.29, 1.82) is 0 Å². The van der Waals surface area contributed by atoms with Gasteiger partial charge in [0.2, 0.25) is 0 Å². The van der Waals surface area contributed by atoms with Gasteiger partial charge in [0.15, 0.2) is 22.7 Å². The molecular weight excluding hydrogens is 432 g/mol. The highest BCUT2D eigenvalue weighted by Crippen LogP contribution is 2.37. The Kier molecular flexibility index (Phi) is 5.69. The van der Waals surface area contributed by atoms with Crippen molar-refractivity contribution < 1.29 is 9.53 Å². The molecule has 1 aromatic carbocycles. The summed E-state index contributed by atoms with van der Waals surface area (Å²) in [5.41, 5.74) is 4.34. The molecule has 0 spiro atoms. The summed E-state index contributed by atoms with van der Waals surface area (Å²) in [5.74, 6) is 1.59. The van der Waals surface area contributed by atoms with Crippen LogP contribution in [0.3, 0.4) is 0 Å². The maximum absolute atomic E-state index is 11.4. The largest absolute Gasteiger partial charge is 0.453 e. The molecule has 0 radical (unpaired) electrons. The lowest BCUT2D eigenvalue weighted by molar-refractivity contribution is 0.158. The summed E-state index contributed by atoms with van der Waals surface area (Å²) in [6.07, 6.45) is 5.24. The number of nitrogens with zero attached hydrogens (tertiary/aromatic N) is 6. The van der Waals surface area contributed by atoms with E-state index >= 15 is 0 Å². The number of ether oxygens (including phenoxy) is 1. The van der Waals surface area contributed by atoms with Crippen LogP contribution in [0.25, 0.3) is 16.0 Å². The van der Waals surface area contributed by atoms with Crippen LogP contribution in [0.1, 0.15) is 31.7 Å². The van der Waals surface area contributed by atoms with Gasteiger partial charge in [-0.25, -0.2) is 19.6 Å². The standard InChI is InChI=1S/C24H28N8O2/c1-24(15-27-23(33)34-3)8-11-31(12-9-24)19-14-26-20-21(28-19)29-30-22(20)32-10-4-5-16-13-17(25-2)6-7-18(16)32/h6-7,13-14H,4-5,8-12,15H2,1,3H3,(H,27,33)(H,28,29,30). The predicted octanol–water partition coefficient (Wildman–Crippen LogP) is 3.95. The van der Waals surface area contributed by atoms with Crippen molar-refractivity contribution in [3.8, 4) is 0 Å². The van der Waals surface area contributed by atoms with Crippen LogP contribution in [0.15, 0.2) is 24.4 Å². The average molecular weight is 461 g/mol. The average Bonchev–Trinajstić information content (AvgIpc) is 3.30. The van der Waals surface area contributed by atoms with Gasteiger partial charge in [-0.1, -0.05) is 19.1 Å². The van der Waals surface area contributed by atoms with E-state index < -0.39 is 6.09 Å². The van der Waals surface area contributed by atoms with Gasteiger partial charge < -0.3 is 19.9 Å². The number of rotatable bonds is 4. The van der Waals surface area contributed by atoms with Gasteiger partial charge in [0.25, 0.3) is 0 Å². The van der Waals surface area contributed by atoms with E-state index in [-0.39, 0.29) is 5.41 Å². The fourth-order valence-electron chi connectivity index (χ4n) is 4.80. The van der Waals surface area contributed by atoms with Crippen molar-refractivity contribution in [1.82, 2.24) is 25.5 Å². The number of methoxy groups -OCH3 is 1. The molecule has 10 nitrogen and oxygen atoms in total. The number of H-pyrrole nitrogens is 1. The minimum Gasteiger partial charge on any atom is -0.453 e. The van der Waals surface area contributed by atoms with Gasteiger partial charge in [-0.2, -0.15) is 5.10 Å². The number of fused-ring (bicyclic) bond motifs is 2. The van der Waals surface area contributed by atoms with Crippen molar-refractivity contribution >= 4 is 40.3 Å². The summed E-state index contributed by atoms with van der Waals surface area (Å²) in [7, 11) is 1.38. The Morgan fingerprint density at radius 2 is 2.15 bits per heavy atom. The molecule has 3 aromatic rings. The monoisotopic (exact) mass is 460 g/mol. The lowest BCUT2D eigenvalue weighted by atomic mass is 9.80. The van der Waals surface area contributed by atoms with Crippen LogP contribution in [0.2, 0.25) is 0 Å². The zero-order valence-corrected chi connectivity index (χ0v) is 19.5. The van der Waals surface area contributed by atoms with E-state index in [0.717, 1.165) is 68.2 Å². The van der Waals surface area contributed by atoms with Crippen molar-refractivity contribution in [2.24, 2.45) is 5.41 Å². The van der Waals surface area contributed by atoms with Crippen LogP contribution in [0.5, 0.6) is 0 Å². The summed E-state index contributed by atoms with van der Waals surface area (Å²) in [5, 5.41) is 10.5. The Morgan fingerprint density at radius 3 is 2.91 bits per heavy atom. The molecule has 4 heterocycles. The van der Waals surface area contributed by atoms with E-state index in [2.05, 4.69) is 41.8 Å². The molecule has 2 N–H and O–H groups in total. The smallest absolute Gasteiger partial charge is 0.406 e. The Balaban J connectivity index is 1.33. The van der Waals surface area contributed by atoms with Gasteiger partial charge in [-0.05, 0) is 42.7 Å². The second kappa shape index (κ2) is 8.82. The van der Waals surface area contributed by atoms with E-state index in [0.29, 0.717) is 17.9 Å². The van der Waals surface area contributed by atoms with E-state index in [1.165, 1.54) is 12.7 Å². The molecule has 0 bridgehead atoms. The first-order valence-corrected chi connectivity index (χ1v) is 11.6. The van der Waals surface area contributed by atoms with Crippen molar-refractivity contribution in [3.05, 3.63) is 41.4 Å². The number of aryl methyl sites for hydroxylation is 1. The zero-order chi connectivity index (χ0) is 23.7. The summed E-state index contributed by atoms with van der Waals surface area (Å²) in [4.78, 5) is 29.0. The number of carbonyl (C=O) groups is 1. The molecule has 0 saturated carbocycles. The summed E-state index contributed by atoms with van der Waals surface area (Å²) in [6, 6.07) is 5.83. The van der Waals surface area contributed by atoms with E-state index in [4.69, 9.17) is 16.5 Å². The molecule has 1 fully saturated rings. The van der Waals surface area contributed by atoms with E-state index in [9.17, 15) is 4.79 Å². The Bertz CT molecular complexity index is 1260. The van der Waals surface area contributed by atoms with Crippen molar-refractivity contribution in [2.45, 2.75) is 32.6 Å². The number of alkyl carbamates (subject to hydrolysis) is 1. The molecule has 10 heteroatoms. The SMILES string of the molecule is [C-]#[N+]c1ccc2c(c1)CCCN2c1n[nH]c2nc(N3CCC(C)(CNC(=O)OC)CC3)cnc12. The number of aromatic amines is 1. The number of carbonyl (C=O) groups excluding carboxylic acids is 1. The molecule has 34 heavy (non-hydrogen) atoms. The lowest BCUT2D eigenvalue weighted by Crippen LogP contribution is -2.45. The molecule has 2 aliphatic heterocycles. The van der Waals surface area contributed by atoms with Crippen LogP contribution in [-0.4, -0.2) is 59.5 Å². The van der Waals surface area contributed by atoms with Gasteiger partial charge in [0.1, 0.15) is 5.82 Å². The van der Waals surface area contributed by atoms with Crippen LogP contribution < -0.4 is 15.1 Å². The topological polar surface area (TPSA) is 104 Å². The van der Waals surface area contributed by atoms with E-state index in [1.807, 2.05) is 24.4 Å². The number of nitrogens with one attached hydrogen (secondary N) is 2. The van der Waals surface area contributed by atoms with Gasteiger partial charge in [0, 0.05) is 31.9 Å². The first kappa shape index (κ1) is 21.9. The maximum atomic E-state index is 11.4. The number of benzene rings is 1. The molecule has 1 saturated heterocycles. The summed E-state index contributed by atoms with van der Waals surface area (Å²) >= 11 is 0. The second-order valence-electron chi connectivity index (χ2n) is 9.30.